The van der Waals surface area contributed by atoms with E-state index in [4.69, 9.17) is 0 Å². The molecule has 1 aliphatic heterocycles. The quantitative estimate of drug-likeness (QED) is 0.542. The van der Waals surface area contributed by atoms with E-state index in [9.17, 15) is 18.0 Å². The van der Waals surface area contributed by atoms with Gasteiger partial charge in [0.25, 0.3) is 10.0 Å². The van der Waals surface area contributed by atoms with Crippen molar-refractivity contribution in [2.24, 2.45) is 0 Å². The van der Waals surface area contributed by atoms with Crippen LogP contribution in [0.4, 0.5) is 11.4 Å². The van der Waals surface area contributed by atoms with Gasteiger partial charge in [-0.15, -0.1) is 0 Å². The number of carbonyl (C=O) groups is 2. The summed E-state index contributed by atoms with van der Waals surface area (Å²) in [7, 11) is -4.16. The summed E-state index contributed by atoms with van der Waals surface area (Å²) < 4.78 is 29.2. The van der Waals surface area contributed by atoms with Crippen molar-refractivity contribution in [1.82, 2.24) is 5.32 Å². The van der Waals surface area contributed by atoms with E-state index in [-0.39, 0.29) is 17.9 Å². The number of carbonyl (C=O) groups excluding carboxylic acids is 2. The standard InChI is InChI=1S/C27H29N3O4S/c1-17-9-11-21(12-10-17)16-28-25(31)15-24-27(32)29-22-7-5-6-8-23(22)30(24)35(33,34)26-19(3)13-18(2)14-20(26)4/h5-14,24H,15-16H2,1-4H3,(H,28,31)(H,29,32). The number of hydrogen-bond donors (Lipinski definition) is 2. The molecule has 0 saturated carbocycles. The lowest BCUT2D eigenvalue weighted by Crippen LogP contribution is -2.53. The van der Waals surface area contributed by atoms with Gasteiger partial charge < -0.3 is 10.6 Å². The van der Waals surface area contributed by atoms with Crippen molar-refractivity contribution < 1.29 is 18.0 Å². The Hall–Kier alpha value is -3.65. The Kier molecular flexibility index (Phi) is 6.67. The molecule has 182 valence electrons. The minimum absolute atomic E-state index is 0.151. The van der Waals surface area contributed by atoms with Gasteiger partial charge in [-0.1, -0.05) is 59.7 Å². The summed E-state index contributed by atoms with van der Waals surface area (Å²) >= 11 is 0. The summed E-state index contributed by atoms with van der Waals surface area (Å²) in [6.07, 6.45) is -0.310. The summed E-state index contributed by atoms with van der Waals surface area (Å²) in [5.74, 6) is -0.956. The molecule has 4 rings (SSSR count). The predicted octanol–water partition coefficient (Wildman–Crippen LogP) is 4.14. The second kappa shape index (κ2) is 9.54. The van der Waals surface area contributed by atoms with Crippen LogP contribution in [0, 0.1) is 27.7 Å². The van der Waals surface area contributed by atoms with E-state index in [1.807, 2.05) is 38.1 Å². The summed E-state index contributed by atoms with van der Waals surface area (Å²) in [4.78, 5) is 26.2. The topological polar surface area (TPSA) is 95.6 Å². The van der Waals surface area contributed by atoms with Gasteiger partial charge >= 0.3 is 0 Å². The Morgan fingerprint density at radius 2 is 1.57 bits per heavy atom. The molecule has 1 aliphatic rings. The molecule has 35 heavy (non-hydrogen) atoms. The van der Waals surface area contributed by atoms with Crippen LogP contribution >= 0.6 is 0 Å². The largest absolute Gasteiger partial charge is 0.352 e. The van der Waals surface area contributed by atoms with Crippen LogP contribution in [0.5, 0.6) is 0 Å². The molecule has 0 aliphatic carbocycles. The molecular weight excluding hydrogens is 462 g/mol. The first-order valence-corrected chi connectivity index (χ1v) is 12.9. The highest BCUT2D eigenvalue weighted by Crippen LogP contribution is 2.38. The van der Waals surface area contributed by atoms with Crippen molar-refractivity contribution in [2.45, 2.75) is 51.6 Å². The van der Waals surface area contributed by atoms with Crippen LogP contribution in [0.2, 0.25) is 0 Å². The lowest BCUT2D eigenvalue weighted by molar-refractivity contribution is -0.125. The van der Waals surface area contributed by atoms with E-state index < -0.39 is 27.9 Å². The second-order valence-corrected chi connectivity index (χ2v) is 10.8. The Bertz CT molecular complexity index is 1380. The molecule has 8 heteroatoms. The molecule has 1 heterocycles. The fourth-order valence-electron chi connectivity index (χ4n) is 4.56. The van der Waals surface area contributed by atoms with Crippen molar-refractivity contribution >= 4 is 33.2 Å². The number of fused-ring (bicyclic) bond motifs is 1. The molecule has 0 fully saturated rings. The molecule has 7 nitrogen and oxygen atoms in total. The molecule has 3 aromatic rings. The van der Waals surface area contributed by atoms with Crippen molar-refractivity contribution in [3.63, 3.8) is 0 Å². The first-order valence-electron chi connectivity index (χ1n) is 11.4. The molecule has 0 saturated heterocycles. The smallest absolute Gasteiger partial charge is 0.265 e. The van der Waals surface area contributed by atoms with Crippen LogP contribution < -0.4 is 14.9 Å². The van der Waals surface area contributed by atoms with E-state index in [1.54, 1.807) is 50.2 Å². The van der Waals surface area contributed by atoms with Gasteiger partial charge in [0.05, 0.1) is 22.7 Å². The number of nitrogens with one attached hydrogen (secondary N) is 2. The third-order valence-electron chi connectivity index (χ3n) is 6.10. The SMILES string of the molecule is Cc1ccc(CNC(=O)CC2C(=O)Nc3ccccc3N2S(=O)(=O)c2c(C)cc(C)cc2C)cc1. The molecule has 3 aromatic carbocycles. The number of hydrogen-bond acceptors (Lipinski definition) is 4. The summed E-state index contributed by atoms with van der Waals surface area (Å²) in [5.41, 5.74) is 4.88. The zero-order valence-corrected chi connectivity index (χ0v) is 21.1. The number of benzene rings is 3. The Morgan fingerprint density at radius 1 is 0.943 bits per heavy atom. The van der Waals surface area contributed by atoms with Gasteiger partial charge in [0.2, 0.25) is 11.8 Å². The maximum absolute atomic E-state index is 14.1. The van der Waals surface area contributed by atoms with E-state index in [2.05, 4.69) is 10.6 Å². The van der Waals surface area contributed by atoms with E-state index >= 15 is 0 Å². The molecule has 1 unspecified atom stereocenters. The first kappa shape index (κ1) is 24.5. The molecule has 2 N–H and O–H groups in total. The van der Waals surface area contributed by atoms with Gasteiger partial charge in [-0.3, -0.25) is 13.9 Å². The molecule has 0 spiro atoms. The Labute approximate surface area is 206 Å². The second-order valence-electron chi connectivity index (χ2n) is 9.02. The number of aryl methyl sites for hydroxylation is 4. The van der Waals surface area contributed by atoms with Crippen molar-refractivity contribution in [3.05, 3.63) is 88.5 Å². The van der Waals surface area contributed by atoms with Crippen LogP contribution in [0.25, 0.3) is 0 Å². The van der Waals surface area contributed by atoms with Gasteiger partial charge in [-0.05, 0) is 56.5 Å². The zero-order valence-electron chi connectivity index (χ0n) is 20.3. The lowest BCUT2D eigenvalue weighted by atomic mass is 10.1. The molecule has 1 atom stereocenters. The minimum atomic E-state index is -4.16. The number of amides is 2. The van der Waals surface area contributed by atoms with Crippen molar-refractivity contribution in [2.75, 3.05) is 9.62 Å². The third kappa shape index (κ3) is 4.93. The number of sulfonamides is 1. The van der Waals surface area contributed by atoms with Gasteiger partial charge in [0.15, 0.2) is 0 Å². The van der Waals surface area contributed by atoms with Crippen molar-refractivity contribution in [1.29, 1.82) is 0 Å². The fraction of sp³-hybridized carbons (Fsp3) is 0.259. The maximum atomic E-state index is 14.1. The van der Waals surface area contributed by atoms with E-state index in [1.165, 1.54) is 0 Å². The number of anilines is 2. The molecule has 0 radical (unpaired) electrons. The van der Waals surface area contributed by atoms with Crippen LogP contribution in [0.15, 0.2) is 65.6 Å². The lowest BCUT2D eigenvalue weighted by Gasteiger charge is -2.37. The maximum Gasteiger partial charge on any atom is 0.265 e. The van der Waals surface area contributed by atoms with Crippen LogP contribution in [-0.2, 0) is 26.2 Å². The summed E-state index contributed by atoms with van der Waals surface area (Å²) in [6.45, 7) is 7.65. The normalized spacial score (nSPS) is 15.4. The Morgan fingerprint density at radius 3 is 2.23 bits per heavy atom. The average molecular weight is 492 g/mol. The fourth-order valence-corrected chi connectivity index (χ4v) is 6.61. The molecular formula is C27H29N3O4S. The van der Waals surface area contributed by atoms with Crippen LogP contribution in [0.3, 0.4) is 0 Å². The van der Waals surface area contributed by atoms with Gasteiger partial charge in [-0.2, -0.15) is 0 Å². The Balaban J connectivity index is 1.70. The first-order chi connectivity index (χ1) is 16.6. The summed E-state index contributed by atoms with van der Waals surface area (Å²) in [6, 6.07) is 16.8. The predicted molar refractivity (Wildman–Crippen MR) is 137 cm³/mol. The monoisotopic (exact) mass is 491 g/mol. The number of nitrogens with zero attached hydrogens (tertiary/aromatic N) is 1. The number of rotatable bonds is 6. The van der Waals surface area contributed by atoms with Crippen LogP contribution in [-0.4, -0.2) is 26.3 Å². The summed E-state index contributed by atoms with van der Waals surface area (Å²) in [5, 5.41) is 5.57. The highest BCUT2D eigenvalue weighted by molar-refractivity contribution is 7.93. The highest BCUT2D eigenvalue weighted by atomic mass is 32.2. The van der Waals surface area contributed by atoms with Gasteiger partial charge in [0, 0.05) is 6.54 Å². The molecule has 0 bridgehead atoms. The van der Waals surface area contributed by atoms with Gasteiger partial charge in [0.1, 0.15) is 6.04 Å². The average Bonchev–Trinajstić information content (AvgIpc) is 2.78. The third-order valence-corrected chi connectivity index (χ3v) is 8.22. The molecule has 2 amide bonds. The minimum Gasteiger partial charge on any atom is -0.352 e. The van der Waals surface area contributed by atoms with Crippen molar-refractivity contribution in [3.8, 4) is 0 Å². The zero-order chi connectivity index (χ0) is 25.3. The van der Waals surface area contributed by atoms with E-state index in [0.29, 0.717) is 22.5 Å². The molecule has 0 aromatic heterocycles. The van der Waals surface area contributed by atoms with Crippen LogP contribution in [0.1, 0.15) is 34.2 Å². The van der Waals surface area contributed by atoms with E-state index in [0.717, 1.165) is 21.0 Å². The number of para-hydroxylation sites is 2. The highest BCUT2D eigenvalue weighted by Gasteiger charge is 2.42. The van der Waals surface area contributed by atoms with Gasteiger partial charge in [-0.25, -0.2) is 8.42 Å².